The molecule has 1 N–H and O–H groups in total. The van der Waals surface area contributed by atoms with Crippen LogP contribution in [0.5, 0.6) is 0 Å². The van der Waals surface area contributed by atoms with E-state index in [4.69, 9.17) is 0 Å². The molecule has 5 atom stereocenters. The molecule has 3 aliphatic carbocycles. The average molecular weight is 221 g/mol. The van der Waals surface area contributed by atoms with E-state index in [1.807, 2.05) is 0 Å². The maximum atomic E-state index is 3.62. The summed E-state index contributed by atoms with van der Waals surface area (Å²) in [6, 6.07) is 0.852. The van der Waals surface area contributed by atoms with Crippen molar-refractivity contribution in [3.8, 4) is 0 Å². The molecule has 0 heterocycles. The van der Waals surface area contributed by atoms with Gasteiger partial charge in [-0.25, -0.2) is 0 Å². The molecule has 2 bridgehead atoms. The van der Waals surface area contributed by atoms with Crippen LogP contribution in [-0.4, -0.2) is 13.1 Å². The Labute approximate surface area is 100 Å². The van der Waals surface area contributed by atoms with Crippen LogP contribution in [0.1, 0.15) is 51.9 Å². The largest absolute Gasteiger partial charge is 0.317 e. The zero-order chi connectivity index (χ0) is 11.1. The van der Waals surface area contributed by atoms with Crippen molar-refractivity contribution in [2.75, 3.05) is 7.05 Å². The zero-order valence-corrected chi connectivity index (χ0v) is 10.9. The summed E-state index contributed by atoms with van der Waals surface area (Å²) in [4.78, 5) is 0. The van der Waals surface area contributed by atoms with Gasteiger partial charge in [0.05, 0.1) is 0 Å². The lowest BCUT2D eigenvalue weighted by molar-refractivity contribution is 0.356. The van der Waals surface area contributed by atoms with E-state index >= 15 is 0 Å². The number of hydrogen-bond acceptors (Lipinski definition) is 1. The van der Waals surface area contributed by atoms with Gasteiger partial charge in [0.25, 0.3) is 0 Å². The smallest absolute Gasteiger partial charge is 0.00980 e. The van der Waals surface area contributed by atoms with Gasteiger partial charge in [-0.15, -0.1) is 0 Å². The standard InChI is InChI=1S/C15H27N/c1-3-4-5-6-12(16-2)15-13-10-7-8-11(9-10)14(13)15/h10-16H,3-9H2,1-2H3. The first-order valence-corrected chi connectivity index (χ1v) is 7.54. The highest BCUT2D eigenvalue weighted by molar-refractivity contribution is 5.15. The van der Waals surface area contributed by atoms with Crippen molar-refractivity contribution in [3.05, 3.63) is 0 Å². The van der Waals surface area contributed by atoms with E-state index < -0.39 is 0 Å². The van der Waals surface area contributed by atoms with E-state index in [1.54, 1.807) is 19.3 Å². The second-order valence-electron chi connectivity index (χ2n) is 6.46. The number of unbranched alkanes of at least 4 members (excludes halogenated alkanes) is 2. The maximum Gasteiger partial charge on any atom is 0.00980 e. The predicted octanol–water partition coefficient (Wildman–Crippen LogP) is 3.45. The van der Waals surface area contributed by atoms with Crippen molar-refractivity contribution in [1.29, 1.82) is 0 Å². The fourth-order valence-electron chi connectivity index (χ4n) is 5.07. The van der Waals surface area contributed by atoms with Gasteiger partial charge >= 0.3 is 0 Å². The van der Waals surface area contributed by atoms with Crippen LogP contribution in [0.3, 0.4) is 0 Å². The van der Waals surface area contributed by atoms with Gasteiger partial charge in [0, 0.05) is 6.04 Å². The van der Waals surface area contributed by atoms with Gasteiger partial charge < -0.3 is 5.32 Å². The average Bonchev–Trinajstić information content (AvgIpc) is 2.73. The molecule has 0 amide bonds. The molecule has 0 saturated heterocycles. The molecule has 1 nitrogen and oxygen atoms in total. The molecule has 0 aliphatic heterocycles. The second kappa shape index (κ2) is 4.33. The molecule has 3 rings (SSSR count). The number of nitrogens with one attached hydrogen (secondary N) is 1. The fourth-order valence-corrected chi connectivity index (χ4v) is 5.07. The molecule has 0 aromatic rings. The van der Waals surface area contributed by atoms with Crippen LogP contribution in [0.2, 0.25) is 0 Å². The monoisotopic (exact) mass is 221 g/mol. The zero-order valence-electron chi connectivity index (χ0n) is 10.9. The van der Waals surface area contributed by atoms with E-state index in [0.717, 1.165) is 35.6 Å². The Bertz CT molecular complexity index is 234. The molecular weight excluding hydrogens is 194 g/mol. The van der Waals surface area contributed by atoms with Gasteiger partial charge in [-0.05, 0) is 62.3 Å². The van der Waals surface area contributed by atoms with Gasteiger partial charge in [-0.2, -0.15) is 0 Å². The summed E-state index contributed by atoms with van der Waals surface area (Å²) < 4.78 is 0. The van der Waals surface area contributed by atoms with Gasteiger partial charge in [0.1, 0.15) is 0 Å². The van der Waals surface area contributed by atoms with Crippen molar-refractivity contribution in [3.63, 3.8) is 0 Å². The van der Waals surface area contributed by atoms with Crippen molar-refractivity contribution in [2.24, 2.45) is 29.6 Å². The highest BCUT2D eigenvalue weighted by Gasteiger charge is 2.66. The van der Waals surface area contributed by atoms with Gasteiger partial charge in [0.15, 0.2) is 0 Å². The lowest BCUT2D eigenvalue weighted by atomic mass is 9.94. The van der Waals surface area contributed by atoms with E-state index in [1.165, 1.54) is 25.7 Å². The Morgan fingerprint density at radius 2 is 1.81 bits per heavy atom. The number of fused-ring (bicyclic) bond motifs is 5. The fraction of sp³-hybridized carbons (Fsp3) is 1.00. The third kappa shape index (κ3) is 1.63. The minimum absolute atomic E-state index is 0.852. The normalized spacial score (nSPS) is 45.8. The molecular formula is C15H27N. The van der Waals surface area contributed by atoms with Crippen LogP contribution in [-0.2, 0) is 0 Å². The number of rotatable bonds is 6. The van der Waals surface area contributed by atoms with E-state index in [2.05, 4.69) is 19.3 Å². The van der Waals surface area contributed by atoms with Crippen molar-refractivity contribution in [2.45, 2.75) is 57.9 Å². The van der Waals surface area contributed by atoms with E-state index in [-0.39, 0.29) is 0 Å². The Morgan fingerprint density at radius 1 is 1.12 bits per heavy atom. The predicted molar refractivity (Wildman–Crippen MR) is 68.3 cm³/mol. The molecule has 0 aromatic carbocycles. The minimum Gasteiger partial charge on any atom is -0.317 e. The quantitative estimate of drug-likeness (QED) is 0.677. The van der Waals surface area contributed by atoms with Crippen LogP contribution < -0.4 is 5.32 Å². The van der Waals surface area contributed by atoms with Crippen LogP contribution >= 0.6 is 0 Å². The minimum atomic E-state index is 0.852. The molecule has 92 valence electrons. The first-order chi connectivity index (χ1) is 7.86. The summed E-state index contributed by atoms with van der Waals surface area (Å²) in [5.41, 5.74) is 0. The Kier molecular flexibility index (Phi) is 2.99. The summed E-state index contributed by atoms with van der Waals surface area (Å²) in [5, 5.41) is 3.62. The molecule has 16 heavy (non-hydrogen) atoms. The van der Waals surface area contributed by atoms with Gasteiger partial charge in [-0.3, -0.25) is 0 Å². The number of hydrogen-bond donors (Lipinski definition) is 1. The van der Waals surface area contributed by atoms with Crippen molar-refractivity contribution < 1.29 is 0 Å². The summed E-state index contributed by atoms with van der Waals surface area (Å²) in [6.45, 7) is 2.31. The second-order valence-corrected chi connectivity index (χ2v) is 6.46. The summed E-state index contributed by atoms with van der Waals surface area (Å²) in [7, 11) is 2.19. The van der Waals surface area contributed by atoms with Crippen LogP contribution in [0.25, 0.3) is 0 Å². The molecule has 0 aromatic heterocycles. The molecule has 0 radical (unpaired) electrons. The van der Waals surface area contributed by atoms with E-state index in [9.17, 15) is 0 Å². The summed E-state index contributed by atoms with van der Waals surface area (Å²) >= 11 is 0. The molecule has 5 unspecified atom stereocenters. The Balaban J connectivity index is 1.53. The Morgan fingerprint density at radius 3 is 2.38 bits per heavy atom. The first-order valence-electron chi connectivity index (χ1n) is 7.54. The van der Waals surface area contributed by atoms with Gasteiger partial charge in [-0.1, -0.05) is 26.2 Å². The van der Waals surface area contributed by atoms with E-state index in [0.29, 0.717) is 0 Å². The maximum absolute atomic E-state index is 3.62. The lowest BCUT2D eigenvalue weighted by Crippen LogP contribution is -2.30. The highest BCUT2D eigenvalue weighted by Crippen LogP contribution is 2.70. The topological polar surface area (TPSA) is 12.0 Å². The molecule has 1 heteroatoms. The van der Waals surface area contributed by atoms with Crippen molar-refractivity contribution >= 4 is 0 Å². The molecule has 3 fully saturated rings. The summed E-state index contributed by atoms with van der Waals surface area (Å²) in [5.74, 6) is 5.66. The molecule has 3 saturated carbocycles. The van der Waals surface area contributed by atoms with Crippen molar-refractivity contribution in [1.82, 2.24) is 5.32 Å². The molecule has 0 spiro atoms. The van der Waals surface area contributed by atoms with Crippen LogP contribution in [0.15, 0.2) is 0 Å². The summed E-state index contributed by atoms with van der Waals surface area (Å²) in [6.07, 6.45) is 10.4. The first kappa shape index (κ1) is 11.1. The highest BCUT2D eigenvalue weighted by atomic mass is 14.9. The third-order valence-corrected chi connectivity index (χ3v) is 5.75. The lowest BCUT2D eigenvalue weighted by Gasteiger charge is -2.19. The Hall–Kier alpha value is -0.0400. The van der Waals surface area contributed by atoms with Crippen LogP contribution in [0, 0.1) is 29.6 Å². The SMILES string of the molecule is CCCCCC(NC)C1C2C3CCC(C3)C21. The van der Waals surface area contributed by atoms with Crippen LogP contribution in [0.4, 0.5) is 0 Å². The third-order valence-electron chi connectivity index (χ3n) is 5.75. The van der Waals surface area contributed by atoms with Gasteiger partial charge in [0.2, 0.25) is 0 Å². The molecule has 3 aliphatic rings.